The third-order valence-electron chi connectivity index (χ3n) is 4.01. The van der Waals surface area contributed by atoms with Crippen molar-refractivity contribution in [3.8, 4) is 5.75 Å². The number of rotatable bonds is 8. The Hall–Kier alpha value is -2.29. The number of hydrogen-bond donors (Lipinski definition) is 3. The number of carbonyl (C=O) groups is 1. The summed E-state index contributed by atoms with van der Waals surface area (Å²) in [6.07, 6.45) is 1.36. The first kappa shape index (κ1) is 23.7. The predicted molar refractivity (Wildman–Crippen MR) is 125 cm³/mol. The van der Waals surface area contributed by atoms with Gasteiger partial charge >= 0.3 is 0 Å². The van der Waals surface area contributed by atoms with Crippen LogP contribution in [-0.2, 0) is 17.9 Å². The van der Waals surface area contributed by atoms with Crippen molar-refractivity contribution in [2.75, 3.05) is 19.5 Å². The maximum Gasteiger partial charge on any atom is 0.224 e. The van der Waals surface area contributed by atoms with Crippen LogP contribution in [0, 0.1) is 0 Å². The summed E-state index contributed by atoms with van der Waals surface area (Å²) in [6.45, 7) is 3.20. The summed E-state index contributed by atoms with van der Waals surface area (Å²) in [5.74, 6) is 1.58. The van der Waals surface area contributed by atoms with Gasteiger partial charge in [0.2, 0.25) is 5.91 Å². The lowest BCUT2D eigenvalue weighted by atomic mass is 10.2. The first-order valence-corrected chi connectivity index (χ1v) is 9.11. The van der Waals surface area contributed by atoms with Gasteiger partial charge in [0, 0.05) is 37.8 Å². The second kappa shape index (κ2) is 13.0. The molecule has 0 aliphatic heterocycles. The molecule has 0 fully saturated rings. The zero-order valence-corrected chi connectivity index (χ0v) is 18.9. The number of nitrogens with zero attached hydrogens (tertiary/aromatic N) is 1. The third kappa shape index (κ3) is 7.75. The summed E-state index contributed by atoms with van der Waals surface area (Å²) in [6, 6.07) is 15.7. The van der Waals surface area contributed by atoms with Crippen molar-refractivity contribution in [3.63, 3.8) is 0 Å². The minimum Gasteiger partial charge on any atom is -0.496 e. The summed E-state index contributed by atoms with van der Waals surface area (Å²) in [4.78, 5) is 16.0. The van der Waals surface area contributed by atoms with Gasteiger partial charge in [-0.3, -0.25) is 9.79 Å². The van der Waals surface area contributed by atoms with Gasteiger partial charge in [-0.1, -0.05) is 37.3 Å². The van der Waals surface area contributed by atoms with Gasteiger partial charge in [-0.25, -0.2) is 0 Å². The van der Waals surface area contributed by atoms with Crippen LogP contribution in [0.2, 0.25) is 0 Å². The minimum absolute atomic E-state index is 0. The summed E-state index contributed by atoms with van der Waals surface area (Å²) in [7, 11) is 3.40. The first-order valence-electron chi connectivity index (χ1n) is 9.11. The number of carbonyl (C=O) groups excluding carboxylic acids is 1. The molecule has 0 aliphatic carbocycles. The Labute approximate surface area is 184 Å². The van der Waals surface area contributed by atoms with Crippen molar-refractivity contribution in [3.05, 3.63) is 59.7 Å². The number of guanidine groups is 1. The van der Waals surface area contributed by atoms with E-state index in [2.05, 4.69) is 20.9 Å². The molecule has 0 bridgehead atoms. The lowest BCUT2D eigenvalue weighted by Gasteiger charge is -2.14. The molecule has 0 atom stereocenters. The molecule has 3 N–H and O–H groups in total. The van der Waals surface area contributed by atoms with E-state index in [9.17, 15) is 4.79 Å². The fourth-order valence-electron chi connectivity index (χ4n) is 2.64. The monoisotopic (exact) mass is 496 g/mol. The summed E-state index contributed by atoms with van der Waals surface area (Å²) >= 11 is 0. The highest BCUT2D eigenvalue weighted by atomic mass is 127. The van der Waals surface area contributed by atoms with Gasteiger partial charge in [-0.15, -0.1) is 24.0 Å². The van der Waals surface area contributed by atoms with Crippen molar-refractivity contribution >= 4 is 41.5 Å². The zero-order chi connectivity index (χ0) is 19.5. The maximum absolute atomic E-state index is 11.7. The van der Waals surface area contributed by atoms with Crippen molar-refractivity contribution in [2.24, 2.45) is 4.99 Å². The van der Waals surface area contributed by atoms with Crippen LogP contribution in [0.25, 0.3) is 0 Å². The van der Waals surface area contributed by atoms with Crippen LogP contribution in [0.3, 0.4) is 0 Å². The average molecular weight is 496 g/mol. The molecule has 0 saturated heterocycles. The molecule has 2 rings (SSSR count). The largest absolute Gasteiger partial charge is 0.496 e. The van der Waals surface area contributed by atoms with E-state index in [1.165, 1.54) is 0 Å². The smallest absolute Gasteiger partial charge is 0.224 e. The molecule has 1 amide bonds. The number of nitrogens with one attached hydrogen (secondary N) is 3. The van der Waals surface area contributed by atoms with E-state index in [1.54, 1.807) is 14.2 Å². The van der Waals surface area contributed by atoms with Crippen LogP contribution in [0.4, 0.5) is 5.69 Å². The van der Waals surface area contributed by atoms with Gasteiger partial charge in [0.1, 0.15) is 5.75 Å². The molecule has 152 valence electrons. The van der Waals surface area contributed by atoms with Crippen LogP contribution < -0.4 is 20.7 Å². The molecule has 7 heteroatoms. The van der Waals surface area contributed by atoms with Crippen molar-refractivity contribution in [1.29, 1.82) is 0 Å². The van der Waals surface area contributed by atoms with Gasteiger partial charge in [0.05, 0.1) is 7.11 Å². The normalized spacial score (nSPS) is 10.6. The van der Waals surface area contributed by atoms with Crippen LogP contribution in [0.15, 0.2) is 53.5 Å². The quantitative estimate of drug-likeness (QED) is 0.294. The molecule has 2 aromatic rings. The Morgan fingerprint density at radius 3 is 2.54 bits per heavy atom. The van der Waals surface area contributed by atoms with Gasteiger partial charge in [0.15, 0.2) is 5.96 Å². The van der Waals surface area contributed by atoms with Crippen LogP contribution in [0.5, 0.6) is 5.75 Å². The van der Waals surface area contributed by atoms with E-state index in [0.717, 1.165) is 29.0 Å². The van der Waals surface area contributed by atoms with Gasteiger partial charge < -0.3 is 20.7 Å². The first-order chi connectivity index (χ1) is 13.2. The van der Waals surface area contributed by atoms with Crippen LogP contribution in [-0.4, -0.2) is 26.0 Å². The predicted octanol–water partition coefficient (Wildman–Crippen LogP) is 3.92. The van der Waals surface area contributed by atoms with Crippen molar-refractivity contribution in [1.82, 2.24) is 10.6 Å². The van der Waals surface area contributed by atoms with Gasteiger partial charge in [-0.2, -0.15) is 0 Å². The molecule has 0 heterocycles. The second-order valence-corrected chi connectivity index (χ2v) is 6.09. The molecule has 2 aromatic carbocycles. The van der Waals surface area contributed by atoms with Gasteiger partial charge in [0.25, 0.3) is 0 Å². The van der Waals surface area contributed by atoms with E-state index in [4.69, 9.17) is 4.74 Å². The molecule has 0 aromatic heterocycles. The fraction of sp³-hybridized carbons (Fsp3) is 0.333. The molecular formula is C21H29IN4O2. The Balaban J connectivity index is 0.00000392. The third-order valence-corrected chi connectivity index (χ3v) is 4.01. The van der Waals surface area contributed by atoms with Crippen molar-refractivity contribution < 1.29 is 9.53 Å². The highest BCUT2D eigenvalue weighted by Crippen LogP contribution is 2.16. The SMILES string of the molecule is CCCC(=O)Nc1cccc(CNC(=NC)NCc2ccccc2OC)c1.I. The Morgan fingerprint density at radius 1 is 1.07 bits per heavy atom. The van der Waals surface area contributed by atoms with Gasteiger partial charge in [-0.05, 0) is 30.2 Å². The van der Waals surface area contributed by atoms with Crippen LogP contribution >= 0.6 is 24.0 Å². The van der Waals surface area contributed by atoms with E-state index >= 15 is 0 Å². The number of halogens is 1. The fourth-order valence-corrected chi connectivity index (χ4v) is 2.64. The van der Waals surface area contributed by atoms with E-state index in [-0.39, 0.29) is 29.9 Å². The minimum atomic E-state index is 0. The molecule has 0 spiro atoms. The zero-order valence-electron chi connectivity index (χ0n) is 16.6. The number of hydrogen-bond acceptors (Lipinski definition) is 3. The highest BCUT2D eigenvalue weighted by molar-refractivity contribution is 14.0. The number of benzene rings is 2. The standard InChI is InChI=1S/C21H28N4O2.HI/c1-4-8-20(26)25-18-11-7-9-16(13-18)14-23-21(22-2)24-15-17-10-5-6-12-19(17)27-3;/h5-7,9-13H,4,8,14-15H2,1-3H3,(H,25,26)(H2,22,23,24);1H. The summed E-state index contributed by atoms with van der Waals surface area (Å²) in [5.41, 5.74) is 2.93. The van der Waals surface area contributed by atoms with Crippen LogP contribution in [0.1, 0.15) is 30.9 Å². The lowest BCUT2D eigenvalue weighted by molar-refractivity contribution is -0.116. The number of ether oxygens (including phenoxy) is 1. The lowest BCUT2D eigenvalue weighted by Crippen LogP contribution is -2.36. The molecule has 0 unspecified atom stereocenters. The second-order valence-electron chi connectivity index (χ2n) is 6.09. The maximum atomic E-state index is 11.7. The molecule has 0 radical (unpaired) electrons. The number of aliphatic imine (C=N–C) groups is 1. The number of anilines is 1. The van der Waals surface area contributed by atoms with Crippen molar-refractivity contribution in [2.45, 2.75) is 32.9 Å². The van der Waals surface area contributed by atoms with E-state index < -0.39 is 0 Å². The number of para-hydroxylation sites is 1. The van der Waals surface area contributed by atoms with E-state index in [0.29, 0.717) is 25.5 Å². The summed E-state index contributed by atoms with van der Waals surface area (Å²) in [5, 5.41) is 9.49. The van der Waals surface area contributed by atoms with E-state index in [1.807, 2.05) is 55.5 Å². The number of methoxy groups -OCH3 is 1. The topological polar surface area (TPSA) is 74.8 Å². The average Bonchev–Trinajstić information content (AvgIpc) is 2.69. The molecular weight excluding hydrogens is 467 g/mol. The summed E-state index contributed by atoms with van der Waals surface area (Å²) < 4.78 is 5.37. The number of amides is 1. The Morgan fingerprint density at radius 2 is 1.82 bits per heavy atom. The molecule has 28 heavy (non-hydrogen) atoms. The Kier molecular flexibility index (Phi) is 11.0. The Bertz CT molecular complexity index is 781. The molecule has 0 saturated carbocycles. The molecule has 0 aliphatic rings. The highest BCUT2D eigenvalue weighted by Gasteiger charge is 2.05. The molecule has 6 nitrogen and oxygen atoms in total.